The van der Waals surface area contributed by atoms with E-state index in [1.807, 2.05) is 11.6 Å². The summed E-state index contributed by atoms with van der Waals surface area (Å²) in [5, 5.41) is 8.05. The first-order valence-corrected chi connectivity index (χ1v) is 5.89. The van der Waals surface area contributed by atoms with Crippen molar-refractivity contribution in [3.8, 4) is 0 Å². The third kappa shape index (κ3) is 1.98. The Morgan fingerprint density at radius 2 is 2.00 bits per heavy atom. The fraction of sp³-hybridized carbons (Fsp3) is 0.818. The molecular weight excluding hydrogens is 188 g/mol. The number of nitrogens with zero attached hydrogens (tertiary/aromatic N) is 3. The fourth-order valence-corrected chi connectivity index (χ4v) is 2.50. The number of hydrogen-bond acceptors (Lipinski definition) is 3. The van der Waals surface area contributed by atoms with Crippen LogP contribution in [0.3, 0.4) is 0 Å². The Morgan fingerprint density at radius 3 is 2.47 bits per heavy atom. The second kappa shape index (κ2) is 4.21. The Labute approximate surface area is 90.8 Å². The van der Waals surface area contributed by atoms with Crippen LogP contribution >= 0.6 is 0 Å². The Morgan fingerprint density at radius 1 is 1.33 bits per heavy atom. The summed E-state index contributed by atoms with van der Waals surface area (Å²) in [7, 11) is 0. The summed E-state index contributed by atoms with van der Waals surface area (Å²) in [5.41, 5.74) is 6.73. The molecule has 0 radical (unpaired) electrons. The molecule has 0 bridgehead atoms. The summed E-state index contributed by atoms with van der Waals surface area (Å²) in [4.78, 5) is 0. The van der Waals surface area contributed by atoms with Crippen LogP contribution in [0.2, 0.25) is 0 Å². The zero-order valence-electron chi connectivity index (χ0n) is 9.61. The zero-order chi connectivity index (χ0) is 10.8. The molecule has 1 aliphatic rings. The first-order chi connectivity index (χ1) is 7.22. The first kappa shape index (κ1) is 10.5. The standard InChI is InChI=1S/C11H20N4/c1-3-9-4-6-10(7-5-9)15-8(2)11(12)13-14-15/h9-10H,3-7,12H2,1-2H3. The zero-order valence-corrected chi connectivity index (χ0v) is 9.61. The van der Waals surface area contributed by atoms with Crippen LogP contribution in [-0.2, 0) is 0 Å². The van der Waals surface area contributed by atoms with E-state index < -0.39 is 0 Å². The second-order valence-electron chi connectivity index (χ2n) is 4.59. The average molecular weight is 208 g/mol. The van der Waals surface area contributed by atoms with E-state index in [9.17, 15) is 0 Å². The van der Waals surface area contributed by atoms with Gasteiger partial charge in [0.05, 0.1) is 11.7 Å². The van der Waals surface area contributed by atoms with Crippen molar-refractivity contribution in [2.75, 3.05) is 5.73 Å². The molecule has 2 rings (SSSR count). The van der Waals surface area contributed by atoms with E-state index in [2.05, 4.69) is 17.2 Å². The van der Waals surface area contributed by atoms with Gasteiger partial charge in [-0.15, -0.1) is 5.10 Å². The monoisotopic (exact) mass is 208 g/mol. The van der Waals surface area contributed by atoms with Gasteiger partial charge in [0.2, 0.25) is 0 Å². The maximum atomic E-state index is 5.71. The van der Waals surface area contributed by atoms with Crippen LogP contribution < -0.4 is 5.73 Å². The summed E-state index contributed by atoms with van der Waals surface area (Å²) in [6.07, 6.45) is 6.40. The van der Waals surface area contributed by atoms with Crippen molar-refractivity contribution in [3.05, 3.63) is 5.69 Å². The highest BCUT2D eigenvalue weighted by Crippen LogP contribution is 2.34. The maximum Gasteiger partial charge on any atom is 0.168 e. The summed E-state index contributed by atoms with van der Waals surface area (Å²) in [6.45, 7) is 4.28. The molecule has 0 aromatic carbocycles. The maximum absolute atomic E-state index is 5.71. The lowest BCUT2D eigenvalue weighted by atomic mass is 9.84. The quantitative estimate of drug-likeness (QED) is 0.811. The van der Waals surface area contributed by atoms with Gasteiger partial charge in [-0.25, -0.2) is 4.68 Å². The van der Waals surface area contributed by atoms with Crippen molar-refractivity contribution in [2.45, 2.75) is 52.0 Å². The van der Waals surface area contributed by atoms with Gasteiger partial charge in [-0.05, 0) is 38.5 Å². The number of aromatic nitrogens is 3. The normalized spacial score (nSPS) is 26.8. The van der Waals surface area contributed by atoms with Crippen molar-refractivity contribution >= 4 is 5.82 Å². The molecule has 4 heteroatoms. The van der Waals surface area contributed by atoms with E-state index in [0.29, 0.717) is 11.9 Å². The number of nitrogens with two attached hydrogens (primary N) is 1. The summed E-state index contributed by atoms with van der Waals surface area (Å²) in [5.74, 6) is 1.50. The van der Waals surface area contributed by atoms with E-state index in [-0.39, 0.29) is 0 Å². The SMILES string of the molecule is CCC1CCC(n2nnc(N)c2C)CC1. The summed E-state index contributed by atoms with van der Waals surface area (Å²) < 4.78 is 2.02. The molecule has 0 unspecified atom stereocenters. The van der Waals surface area contributed by atoms with Crippen molar-refractivity contribution in [1.82, 2.24) is 15.0 Å². The lowest BCUT2D eigenvalue weighted by Crippen LogP contribution is -2.19. The minimum Gasteiger partial charge on any atom is -0.381 e. The molecular formula is C11H20N4. The van der Waals surface area contributed by atoms with Gasteiger partial charge in [0.25, 0.3) is 0 Å². The Hall–Kier alpha value is -1.06. The van der Waals surface area contributed by atoms with Crippen LogP contribution in [-0.4, -0.2) is 15.0 Å². The number of rotatable bonds is 2. The summed E-state index contributed by atoms with van der Waals surface area (Å²) in [6, 6.07) is 0.526. The molecule has 1 aromatic rings. The second-order valence-corrected chi connectivity index (χ2v) is 4.59. The number of hydrogen-bond donors (Lipinski definition) is 1. The van der Waals surface area contributed by atoms with Gasteiger partial charge in [0.15, 0.2) is 5.82 Å². The molecule has 1 fully saturated rings. The van der Waals surface area contributed by atoms with E-state index in [0.717, 1.165) is 11.6 Å². The van der Waals surface area contributed by atoms with E-state index in [1.165, 1.54) is 32.1 Å². The van der Waals surface area contributed by atoms with Crippen LogP contribution in [0.5, 0.6) is 0 Å². The van der Waals surface area contributed by atoms with Crippen molar-refractivity contribution in [2.24, 2.45) is 5.92 Å². The Balaban J connectivity index is 2.04. The highest BCUT2D eigenvalue weighted by molar-refractivity contribution is 5.31. The van der Waals surface area contributed by atoms with Gasteiger partial charge in [0, 0.05) is 0 Å². The lowest BCUT2D eigenvalue weighted by molar-refractivity contribution is 0.251. The van der Waals surface area contributed by atoms with Gasteiger partial charge in [-0.1, -0.05) is 18.6 Å². The molecule has 15 heavy (non-hydrogen) atoms. The topological polar surface area (TPSA) is 56.7 Å². The van der Waals surface area contributed by atoms with Gasteiger partial charge < -0.3 is 5.73 Å². The predicted molar refractivity (Wildman–Crippen MR) is 60.5 cm³/mol. The molecule has 1 heterocycles. The largest absolute Gasteiger partial charge is 0.381 e. The predicted octanol–water partition coefficient (Wildman–Crippen LogP) is 2.31. The molecule has 0 spiro atoms. The molecule has 0 amide bonds. The van der Waals surface area contributed by atoms with Crippen LogP contribution in [0, 0.1) is 12.8 Å². The van der Waals surface area contributed by atoms with E-state index in [4.69, 9.17) is 5.73 Å². The highest BCUT2D eigenvalue weighted by atomic mass is 15.5. The Bertz CT molecular complexity index is 323. The van der Waals surface area contributed by atoms with Crippen molar-refractivity contribution < 1.29 is 0 Å². The smallest absolute Gasteiger partial charge is 0.168 e. The molecule has 1 saturated carbocycles. The number of anilines is 1. The molecule has 4 nitrogen and oxygen atoms in total. The molecule has 2 N–H and O–H groups in total. The van der Waals surface area contributed by atoms with Gasteiger partial charge in [-0.3, -0.25) is 0 Å². The van der Waals surface area contributed by atoms with Crippen LogP contribution in [0.25, 0.3) is 0 Å². The lowest BCUT2D eigenvalue weighted by Gasteiger charge is -2.28. The molecule has 0 saturated heterocycles. The fourth-order valence-electron chi connectivity index (χ4n) is 2.50. The van der Waals surface area contributed by atoms with Crippen molar-refractivity contribution in [1.29, 1.82) is 0 Å². The minimum absolute atomic E-state index is 0.526. The third-order valence-electron chi connectivity index (χ3n) is 3.70. The van der Waals surface area contributed by atoms with Crippen LogP contribution in [0.1, 0.15) is 50.8 Å². The molecule has 0 aliphatic heterocycles. The average Bonchev–Trinajstić information content (AvgIpc) is 2.60. The summed E-state index contributed by atoms with van der Waals surface area (Å²) >= 11 is 0. The van der Waals surface area contributed by atoms with Crippen molar-refractivity contribution in [3.63, 3.8) is 0 Å². The van der Waals surface area contributed by atoms with E-state index >= 15 is 0 Å². The van der Waals surface area contributed by atoms with E-state index in [1.54, 1.807) is 0 Å². The minimum atomic E-state index is 0.526. The van der Waals surface area contributed by atoms with Crippen LogP contribution in [0.15, 0.2) is 0 Å². The van der Waals surface area contributed by atoms with Gasteiger partial charge in [0.1, 0.15) is 0 Å². The molecule has 84 valence electrons. The first-order valence-electron chi connectivity index (χ1n) is 5.89. The molecule has 1 aromatic heterocycles. The van der Waals surface area contributed by atoms with Crippen LogP contribution in [0.4, 0.5) is 5.82 Å². The van der Waals surface area contributed by atoms with Gasteiger partial charge >= 0.3 is 0 Å². The number of nitrogen functional groups attached to an aromatic ring is 1. The van der Waals surface area contributed by atoms with Gasteiger partial charge in [-0.2, -0.15) is 0 Å². The molecule has 1 aliphatic carbocycles. The third-order valence-corrected chi connectivity index (χ3v) is 3.70. The highest BCUT2D eigenvalue weighted by Gasteiger charge is 2.23. The molecule has 0 atom stereocenters. The Kier molecular flexibility index (Phi) is 2.93.